The Labute approximate surface area is 135 Å². The number of carbonyl (C=O) groups excluding carboxylic acids is 1. The summed E-state index contributed by atoms with van der Waals surface area (Å²) in [5, 5.41) is 3.51. The molecule has 0 fully saturated rings. The highest BCUT2D eigenvalue weighted by atomic mass is 35.5. The molecule has 1 amide bonds. The first-order valence-electron chi connectivity index (χ1n) is 7.05. The fraction of sp³-hybridized carbons (Fsp3) is 0.375. The zero-order chi connectivity index (χ0) is 15.4. The third-order valence-corrected chi connectivity index (χ3v) is 3.26. The van der Waals surface area contributed by atoms with Gasteiger partial charge in [0.25, 0.3) is 5.91 Å². The van der Waals surface area contributed by atoms with E-state index >= 15 is 0 Å². The number of fused-ring (bicyclic) bond motifs is 1. The van der Waals surface area contributed by atoms with Crippen LogP contribution in [0.5, 0.6) is 0 Å². The second kappa shape index (κ2) is 7.96. The molecule has 5 nitrogen and oxygen atoms in total. The summed E-state index contributed by atoms with van der Waals surface area (Å²) >= 11 is 0. The summed E-state index contributed by atoms with van der Waals surface area (Å²) in [6.45, 7) is 4.45. The lowest BCUT2D eigenvalue weighted by Crippen LogP contribution is -2.42. The van der Waals surface area contributed by atoms with E-state index in [1.807, 2.05) is 6.07 Å². The molecular formula is C16H21ClN2O3. The second-order valence-electron chi connectivity index (χ2n) is 5.52. The smallest absolute Gasteiger partial charge is 0.349 e. The predicted octanol–water partition coefficient (Wildman–Crippen LogP) is 2.32. The highest BCUT2D eigenvalue weighted by Crippen LogP contribution is 2.13. The largest absolute Gasteiger partial charge is 0.422 e. The van der Waals surface area contributed by atoms with Gasteiger partial charge in [0.15, 0.2) is 0 Å². The first kappa shape index (κ1) is 18.2. The second-order valence-corrected chi connectivity index (χ2v) is 5.52. The summed E-state index contributed by atoms with van der Waals surface area (Å²) in [6, 6.07) is 8.50. The van der Waals surface area contributed by atoms with Gasteiger partial charge in [-0.2, -0.15) is 0 Å². The van der Waals surface area contributed by atoms with Gasteiger partial charge in [0.05, 0.1) is 0 Å². The Morgan fingerprint density at radius 1 is 1.32 bits per heavy atom. The molecule has 1 atom stereocenters. The molecule has 1 unspecified atom stereocenters. The molecule has 0 saturated carbocycles. The Morgan fingerprint density at radius 2 is 2.00 bits per heavy atom. The van der Waals surface area contributed by atoms with Crippen LogP contribution in [0.15, 0.2) is 39.5 Å². The zero-order valence-corrected chi connectivity index (χ0v) is 13.5. The SMILES string of the molecule is CC(C)CC(CN)NC(=O)c1cc2ccccc2oc1=O.Cl. The van der Waals surface area contributed by atoms with E-state index in [0.29, 0.717) is 18.0 Å². The Bertz CT molecular complexity index is 697. The monoisotopic (exact) mass is 324 g/mol. The molecule has 6 heteroatoms. The number of hydrogen-bond acceptors (Lipinski definition) is 4. The van der Waals surface area contributed by atoms with Crippen molar-refractivity contribution in [3.8, 4) is 0 Å². The Morgan fingerprint density at radius 3 is 2.64 bits per heavy atom. The maximum absolute atomic E-state index is 12.2. The van der Waals surface area contributed by atoms with E-state index < -0.39 is 11.5 Å². The lowest BCUT2D eigenvalue weighted by atomic mass is 10.0. The van der Waals surface area contributed by atoms with E-state index in [1.54, 1.807) is 24.3 Å². The average Bonchev–Trinajstić information content (AvgIpc) is 2.45. The van der Waals surface area contributed by atoms with Crippen LogP contribution >= 0.6 is 12.4 Å². The summed E-state index contributed by atoms with van der Waals surface area (Å²) in [5.74, 6) is -0.0301. The number of amides is 1. The van der Waals surface area contributed by atoms with Gasteiger partial charge in [0.2, 0.25) is 0 Å². The van der Waals surface area contributed by atoms with Crippen molar-refractivity contribution in [2.75, 3.05) is 6.54 Å². The average molecular weight is 325 g/mol. The quantitative estimate of drug-likeness (QED) is 0.826. The minimum atomic E-state index is -0.633. The van der Waals surface area contributed by atoms with Crippen LogP contribution in [0.25, 0.3) is 11.0 Å². The lowest BCUT2D eigenvalue weighted by Gasteiger charge is -2.18. The number of benzene rings is 1. The molecule has 2 rings (SSSR count). The molecule has 0 radical (unpaired) electrons. The third kappa shape index (κ3) is 4.32. The summed E-state index contributed by atoms with van der Waals surface area (Å²) in [6.07, 6.45) is 0.765. The van der Waals surface area contributed by atoms with Gasteiger partial charge < -0.3 is 15.5 Å². The van der Waals surface area contributed by atoms with Crippen molar-refractivity contribution in [2.24, 2.45) is 11.7 Å². The normalized spacial score (nSPS) is 12.0. The topological polar surface area (TPSA) is 85.3 Å². The number of hydrogen-bond donors (Lipinski definition) is 2. The number of nitrogens with two attached hydrogens (primary N) is 1. The van der Waals surface area contributed by atoms with Crippen LogP contribution in [-0.2, 0) is 0 Å². The number of carbonyl (C=O) groups is 1. The lowest BCUT2D eigenvalue weighted by molar-refractivity contribution is 0.0930. The standard InChI is InChI=1S/C16H20N2O3.ClH/c1-10(2)7-12(9-17)18-15(19)13-8-11-5-3-4-6-14(11)21-16(13)20;/h3-6,8,10,12H,7,9,17H2,1-2H3,(H,18,19);1H. The van der Waals surface area contributed by atoms with Crippen LogP contribution in [0.4, 0.5) is 0 Å². The molecule has 1 aromatic carbocycles. The van der Waals surface area contributed by atoms with Gasteiger partial charge in [-0.25, -0.2) is 4.79 Å². The third-order valence-electron chi connectivity index (χ3n) is 3.26. The molecule has 0 saturated heterocycles. The van der Waals surface area contributed by atoms with Crippen molar-refractivity contribution in [1.29, 1.82) is 0 Å². The van der Waals surface area contributed by atoms with Crippen LogP contribution in [0.3, 0.4) is 0 Å². The number of nitrogens with one attached hydrogen (secondary N) is 1. The Balaban J connectivity index is 0.00000242. The highest BCUT2D eigenvalue weighted by Gasteiger charge is 2.17. The van der Waals surface area contributed by atoms with E-state index in [2.05, 4.69) is 19.2 Å². The van der Waals surface area contributed by atoms with Crippen LogP contribution in [0.2, 0.25) is 0 Å². The summed E-state index contributed by atoms with van der Waals surface area (Å²) < 4.78 is 5.16. The highest BCUT2D eigenvalue weighted by molar-refractivity contribution is 5.96. The van der Waals surface area contributed by atoms with Crippen molar-refractivity contribution in [3.05, 3.63) is 46.3 Å². The van der Waals surface area contributed by atoms with Gasteiger partial charge in [0.1, 0.15) is 11.1 Å². The molecule has 0 bridgehead atoms. The molecule has 2 aromatic rings. The molecular weight excluding hydrogens is 304 g/mol. The molecule has 0 aliphatic carbocycles. The molecule has 120 valence electrons. The summed E-state index contributed by atoms with van der Waals surface area (Å²) in [4.78, 5) is 24.1. The van der Waals surface area contributed by atoms with Crippen molar-refractivity contribution in [1.82, 2.24) is 5.32 Å². The molecule has 1 heterocycles. The van der Waals surface area contributed by atoms with Crippen LogP contribution in [-0.4, -0.2) is 18.5 Å². The molecule has 0 aliphatic rings. The predicted molar refractivity (Wildman–Crippen MR) is 89.5 cm³/mol. The first-order chi connectivity index (χ1) is 10.0. The molecule has 0 spiro atoms. The van der Waals surface area contributed by atoms with Gasteiger partial charge in [-0.3, -0.25) is 4.79 Å². The Hall–Kier alpha value is -1.85. The van der Waals surface area contributed by atoms with E-state index in [0.717, 1.165) is 11.8 Å². The summed E-state index contributed by atoms with van der Waals surface area (Å²) in [7, 11) is 0. The fourth-order valence-electron chi connectivity index (χ4n) is 2.27. The van der Waals surface area contributed by atoms with Crippen molar-refractivity contribution < 1.29 is 9.21 Å². The van der Waals surface area contributed by atoms with Crippen molar-refractivity contribution in [2.45, 2.75) is 26.3 Å². The van der Waals surface area contributed by atoms with Gasteiger partial charge in [0, 0.05) is 18.0 Å². The number of para-hydroxylation sites is 1. The van der Waals surface area contributed by atoms with Gasteiger partial charge in [-0.05, 0) is 24.5 Å². The van der Waals surface area contributed by atoms with Crippen LogP contribution in [0.1, 0.15) is 30.6 Å². The summed E-state index contributed by atoms with van der Waals surface area (Å²) in [5.41, 5.74) is 5.51. The minimum Gasteiger partial charge on any atom is -0.422 e. The molecule has 3 N–H and O–H groups in total. The Kier molecular flexibility index (Phi) is 6.59. The zero-order valence-electron chi connectivity index (χ0n) is 12.7. The maximum Gasteiger partial charge on any atom is 0.349 e. The van der Waals surface area contributed by atoms with E-state index in [-0.39, 0.29) is 24.0 Å². The van der Waals surface area contributed by atoms with Crippen LogP contribution < -0.4 is 16.7 Å². The number of halogens is 1. The van der Waals surface area contributed by atoms with Crippen molar-refractivity contribution >= 4 is 29.3 Å². The van der Waals surface area contributed by atoms with E-state index in [1.165, 1.54) is 0 Å². The molecule has 0 aliphatic heterocycles. The molecule has 22 heavy (non-hydrogen) atoms. The van der Waals surface area contributed by atoms with Gasteiger partial charge >= 0.3 is 5.63 Å². The number of rotatable bonds is 5. The maximum atomic E-state index is 12.2. The van der Waals surface area contributed by atoms with E-state index in [9.17, 15) is 9.59 Å². The fourth-order valence-corrected chi connectivity index (χ4v) is 2.27. The molecule has 1 aromatic heterocycles. The van der Waals surface area contributed by atoms with Crippen LogP contribution in [0, 0.1) is 5.92 Å². The van der Waals surface area contributed by atoms with Gasteiger partial charge in [-0.1, -0.05) is 32.0 Å². The van der Waals surface area contributed by atoms with Gasteiger partial charge in [-0.15, -0.1) is 12.4 Å². The van der Waals surface area contributed by atoms with E-state index in [4.69, 9.17) is 10.2 Å². The van der Waals surface area contributed by atoms with Crippen molar-refractivity contribution in [3.63, 3.8) is 0 Å². The minimum absolute atomic E-state index is 0. The first-order valence-corrected chi connectivity index (χ1v) is 7.05.